The summed E-state index contributed by atoms with van der Waals surface area (Å²) in [6.07, 6.45) is 0. The second-order valence-electron chi connectivity index (χ2n) is 3.58. The lowest BCUT2D eigenvalue weighted by Crippen LogP contribution is -2.36. The van der Waals surface area contributed by atoms with E-state index in [-0.39, 0.29) is 30.6 Å². The summed E-state index contributed by atoms with van der Waals surface area (Å²) in [6, 6.07) is 0. The number of carboxylic acid groups (broad SMARTS) is 1. The Bertz CT molecular complexity index is 471. The molecule has 0 atom stereocenters. The number of carbonyl (C=O) groups excluding carboxylic acids is 2. The van der Waals surface area contributed by atoms with Crippen LogP contribution in [0.4, 0.5) is 0 Å². The van der Waals surface area contributed by atoms with Crippen LogP contribution in [0.1, 0.15) is 22.4 Å². The Morgan fingerprint density at radius 2 is 2.17 bits per heavy atom. The lowest BCUT2D eigenvalue weighted by atomic mass is 10.4. The summed E-state index contributed by atoms with van der Waals surface area (Å²) in [5.74, 6) is -1.62. The fraction of sp³-hybridized carbons (Fsp3) is 0.400. The Kier molecular flexibility index (Phi) is 4.78. The van der Waals surface area contributed by atoms with Crippen molar-refractivity contribution in [2.24, 2.45) is 0 Å². The zero-order chi connectivity index (χ0) is 13.7. The Hall–Kier alpha value is -1.96. The predicted molar refractivity (Wildman–Crippen MR) is 64.2 cm³/mol. The van der Waals surface area contributed by atoms with Crippen molar-refractivity contribution in [1.82, 2.24) is 15.2 Å². The molecule has 7 nitrogen and oxygen atoms in total. The zero-order valence-electron chi connectivity index (χ0n) is 9.97. The molecule has 2 N–H and O–H groups in total. The number of aromatic carboxylic acids is 1. The molecule has 0 bridgehead atoms. The second kappa shape index (κ2) is 6.10. The van der Waals surface area contributed by atoms with Gasteiger partial charge in [-0.05, 0) is 0 Å². The molecule has 0 spiro atoms. The molecule has 8 heteroatoms. The number of thiazole rings is 1. The third kappa shape index (κ3) is 4.13. The highest BCUT2D eigenvalue weighted by molar-refractivity contribution is 7.09. The Balaban J connectivity index is 2.42. The molecule has 0 fully saturated rings. The van der Waals surface area contributed by atoms with Gasteiger partial charge in [0.1, 0.15) is 5.01 Å². The van der Waals surface area contributed by atoms with Crippen LogP contribution < -0.4 is 5.32 Å². The number of rotatable bonds is 5. The lowest BCUT2D eigenvalue weighted by molar-refractivity contribution is -0.133. The summed E-state index contributed by atoms with van der Waals surface area (Å²) in [6.45, 7) is 1.49. The van der Waals surface area contributed by atoms with Gasteiger partial charge >= 0.3 is 5.97 Å². The van der Waals surface area contributed by atoms with E-state index in [4.69, 9.17) is 5.11 Å². The number of nitrogens with one attached hydrogen (secondary N) is 1. The number of hydrogen-bond donors (Lipinski definition) is 2. The van der Waals surface area contributed by atoms with Crippen LogP contribution in [-0.4, -0.2) is 46.4 Å². The molecule has 0 radical (unpaired) electrons. The van der Waals surface area contributed by atoms with Gasteiger partial charge in [-0.15, -0.1) is 11.3 Å². The summed E-state index contributed by atoms with van der Waals surface area (Å²) in [5, 5.41) is 13.1. The van der Waals surface area contributed by atoms with Crippen molar-refractivity contribution in [3.8, 4) is 0 Å². The highest BCUT2D eigenvalue weighted by Crippen LogP contribution is 2.09. The molecule has 0 aliphatic carbocycles. The van der Waals surface area contributed by atoms with Gasteiger partial charge in [0.25, 0.3) is 0 Å². The molecule has 98 valence electrons. The van der Waals surface area contributed by atoms with Crippen molar-refractivity contribution >= 4 is 29.1 Å². The topological polar surface area (TPSA) is 99.6 Å². The first kappa shape index (κ1) is 14.1. The summed E-state index contributed by atoms with van der Waals surface area (Å²) >= 11 is 1.16. The number of likely N-dealkylation sites (N-methyl/N-ethyl adjacent to an activating group) is 1. The van der Waals surface area contributed by atoms with Crippen LogP contribution in [0.25, 0.3) is 0 Å². The monoisotopic (exact) mass is 271 g/mol. The number of aromatic nitrogens is 1. The number of hydrogen-bond acceptors (Lipinski definition) is 5. The lowest BCUT2D eigenvalue weighted by Gasteiger charge is -2.13. The fourth-order valence-corrected chi connectivity index (χ4v) is 1.75. The highest BCUT2D eigenvalue weighted by atomic mass is 32.1. The number of amides is 2. The van der Waals surface area contributed by atoms with Crippen molar-refractivity contribution in [1.29, 1.82) is 0 Å². The van der Waals surface area contributed by atoms with Gasteiger partial charge in [0.15, 0.2) is 5.69 Å². The molecular weight excluding hydrogens is 258 g/mol. The van der Waals surface area contributed by atoms with Crippen LogP contribution in [-0.2, 0) is 16.1 Å². The van der Waals surface area contributed by atoms with Crippen molar-refractivity contribution in [3.63, 3.8) is 0 Å². The first-order chi connectivity index (χ1) is 8.40. The molecule has 1 rings (SSSR count). The van der Waals surface area contributed by atoms with Gasteiger partial charge in [0.05, 0.1) is 13.1 Å². The number of carbonyl (C=O) groups is 3. The van der Waals surface area contributed by atoms with Crippen LogP contribution in [0.3, 0.4) is 0 Å². The quantitative estimate of drug-likeness (QED) is 0.781. The smallest absolute Gasteiger partial charge is 0.355 e. The van der Waals surface area contributed by atoms with Crippen LogP contribution in [0, 0.1) is 0 Å². The van der Waals surface area contributed by atoms with Gasteiger partial charge in [0, 0.05) is 19.4 Å². The van der Waals surface area contributed by atoms with E-state index in [9.17, 15) is 14.4 Å². The van der Waals surface area contributed by atoms with Crippen LogP contribution in [0.2, 0.25) is 0 Å². The minimum absolute atomic E-state index is 0.0352. The maximum absolute atomic E-state index is 11.4. The molecule has 0 aliphatic rings. The minimum Gasteiger partial charge on any atom is -0.476 e. The number of carboxylic acids is 1. The van der Waals surface area contributed by atoms with Gasteiger partial charge in [0.2, 0.25) is 11.8 Å². The Morgan fingerprint density at radius 1 is 1.50 bits per heavy atom. The molecule has 0 aliphatic heterocycles. The standard InChI is InChI=1S/C10H13N3O4S/c1-6(14)13(2)4-8(15)11-3-9-12-7(5-18-9)10(16)17/h5H,3-4H2,1-2H3,(H,11,15)(H,16,17). The summed E-state index contributed by atoms with van der Waals surface area (Å²) < 4.78 is 0. The van der Waals surface area contributed by atoms with E-state index in [1.165, 1.54) is 24.3 Å². The summed E-state index contributed by atoms with van der Waals surface area (Å²) in [5.41, 5.74) is -0.0369. The van der Waals surface area contributed by atoms with E-state index in [2.05, 4.69) is 10.3 Å². The normalized spacial score (nSPS) is 9.89. The molecule has 2 amide bonds. The first-order valence-corrected chi connectivity index (χ1v) is 5.94. The molecule has 1 aromatic rings. The highest BCUT2D eigenvalue weighted by Gasteiger charge is 2.11. The van der Waals surface area contributed by atoms with Crippen molar-refractivity contribution in [3.05, 3.63) is 16.1 Å². The van der Waals surface area contributed by atoms with Gasteiger partial charge in [-0.1, -0.05) is 0 Å². The second-order valence-corrected chi connectivity index (χ2v) is 4.53. The molecular formula is C10H13N3O4S. The molecule has 0 saturated carbocycles. The predicted octanol–water partition coefficient (Wildman–Crippen LogP) is -0.0642. The third-order valence-corrected chi connectivity index (χ3v) is 2.97. The number of nitrogens with zero attached hydrogens (tertiary/aromatic N) is 2. The molecule has 0 saturated heterocycles. The largest absolute Gasteiger partial charge is 0.476 e. The van der Waals surface area contributed by atoms with E-state index in [0.717, 1.165) is 11.3 Å². The average molecular weight is 271 g/mol. The van der Waals surface area contributed by atoms with Crippen LogP contribution in [0.5, 0.6) is 0 Å². The Labute approximate surface area is 107 Å². The molecule has 1 aromatic heterocycles. The van der Waals surface area contributed by atoms with E-state index < -0.39 is 5.97 Å². The Morgan fingerprint density at radius 3 is 2.67 bits per heavy atom. The van der Waals surface area contributed by atoms with E-state index in [0.29, 0.717) is 5.01 Å². The molecule has 1 heterocycles. The molecule has 0 aromatic carbocycles. The van der Waals surface area contributed by atoms with Gasteiger partial charge < -0.3 is 15.3 Å². The molecule has 18 heavy (non-hydrogen) atoms. The summed E-state index contributed by atoms with van der Waals surface area (Å²) in [4.78, 5) is 38.0. The van der Waals surface area contributed by atoms with Gasteiger partial charge in [-0.2, -0.15) is 0 Å². The SMILES string of the molecule is CC(=O)N(C)CC(=O)NCc1nc(C(=O)O)cs1. The van der Waals surface area contributed by atoms with E-state index >= 15 is 0 Å². The maximum atomic E-state index is 11.4. The van der Waals surface area contributed by atoms with Gasteiger partial charge in [-0.3, -0.25) is 9.59 Å². The third-order valence-electron chi connectivity index (χ3n) is 2.13. The van der Waals surface area contributed by atoms with E-state index in [1.54, 1.807) is 0 Å². The fourth-order valence-electron chi connectivity index (χ4n) is 1.05. The van der Waals surface area contributed by atoms with Crippen molar-refractivity contribution in [2.75, 3.05) is 13.6 Å². The van der Waals surface area contributed by atoms with E-state index in [1.807, 2.05) is 0 Å². The van der Waals surface area contributed by atoms with Crippen molar-refractivity contribution in [2.45, 2.75) is 13.5 Å². The zero-order valence-corrected chi connectivity index (χ0v) is 10.8. The van der Waals surface area contributed by atoms with Crippen molar-refractivity contribution < 1.29 is 19.5 Å². The minimum atomic E-state index is -1.10. The van der Waals surface area contributed by atoms with Gasteiger partial charge in [-0.25, -0.2) is 9.78 Å². The first-order valence-electron chi connectivity index (χ1n) is 5.06. The average Bonchev–Trinajstić information content (AvgIpc) is 2.74. The summed E-state index contributed by atoms with van der Waals surface area (Å²) in [7, 11) is 1.52. The van der Waals surface area contributed by atoms with Crippen LogP contribution >= 0.6 is 11.3 Å². The van der Waals surface area contributed by atoms with Crippen LogP contribution in [0.15, 0.2) is 5.38 Å². The molecule has 0 unspecified atom stereocenters. The maximum Gasteiger partial charge on any atom is 0.355 e.